The predicted molar refractivity (Wildman–Crippen MR) is 132 cm³/mol. The van der Waals surface area contributed by atoms with Crippen molar-refractivity contribution in [3.63, 3.8) is 0 Å². The smallest absolute Gasteiger partial charge is 0.244 e. The Bertz CT molecular complexity index is 1300. The molecule has 182 valence electrons. The molecule has 5 rings (SSSR count). The highest BCUT2D eigenvalue weighted by Gasteiger charge is 2.50. The van der Waals surface area contributed by atoms with Gasteiger partial charge in [0, 0.05) is 6.54 Å². The first kappa shape index (κ1) is 23.5. The SMILES string of the molecule is Cc1nc(NCc2ccccc2)nc(NC2(O)CCC(C(F)F)C2O)c1-c1nc2ccccc2s1. The molecular formula is C25H25F2N5O2S. The first-order valence-electron chi connectivity index (χ1n) is 11.3. The summed E-state index contributed by atoms with van der Waals surface area (Å²) in [5.41, 5.74) is 1.03. The van der Waals surface area contributed by atoms with E-state index in [-0.39, 0.29) is 18.7 Å². The second kappa shape index (κ2) is 9.44. The monoisotopic (exact) mass is 497 g/mol. The van der Waals surface area contributed by atoms with Gasteiger partial charge in [0.1, 0.15) is 16.9 Å². The number of anilines is 2. The minimum Gasteiger partial charge on any atom is -0.388 e. The van der Waals surface area contributed by atoms with Gasteiger partial charge < -0.3 is 20.8 Å². The molecule has 0 amide bonds. The summed E-state index contributed by atoms with van der Waals surface area (Å²) in [6, 6.07) is 17.4. The van der Waals surface area contributed by atoms with Crippen molar-refractivity contribution < 1.29 is 19.0 Å². The van der Waals surface area contributed by atoms with Gasteiger partial charge in [-0.25, -0.2) is 18.7 Å². The van der Waals surface area contributed by atoms with Crippen molar-refractivity contribution in [2.24, 2.45) is 5.92 Å². The fraction of sp³-hybridized carbons (Fsp3) is 0.320. The molecule has 2 aromatic carbocycles. The van der Waals surface area contributed by atoms with Crippen LogP contribution in [0, 0.1) is 12.8 Å². The lowest BCUT2D eigenvalue weighted by Crippen LogP contribution is -2.48. The first-order valence-corrected chi connectivity index (χ1v) is 12.1. The van der Waals surface area contributed by atoms with Crippen molar-refractivity contribution in [3.05, 3.63) is 65.9 Å². The molecule has 2 heterocycles. The van der Waals surface area contributed by atoms with Gasteiger partial charge in [-0.1, -0.05) is 42.5 Å². The molecule has 1 saturated carbocycles. The summed E-state index contributed by atoms with van der Waals surface area (Å²) in [7, 11) is 0. The zero-order valence-electron chi connectivity index (χ0n) is 18.9. The van der Waals surface area contributed by atoms with Crippen LogP contribution in [0.15, 0.2) is 54.6 Å². The highest BCUT2D eigenvalue weighted by Crippen LogP contribution is 2.42. The summed E-state index contributed by atoms with van der Waals surface area (Å²) in [4.78, 5) is 13.9. The molecule has 2 aromatic heterocycles. The van der Waals surface area contributed by atoms with Gasteiger partial charge in [0.25, 0.3) is 0 Å². The standard InChI is InChI=1S/C25H25F2N5O2S/c1-14-19(23-30-17-9-5-6-10-18(17)35-23)22(32-25(34)12-11-16(20(25)33)21(26)27)31-24(29-14)28-13-15-7-3-2-4-8-15/h2-10,16,20-21,33-34H,11-13H2,1H3,(H2,28,29,31,32). The fourth-order valence-electron chi connectivity index (χ4n) is 4.41. The Hall–Kier alpha value is -3.21. The van der Waals surface area contributed by atoms with Crippen LogP contribution in [0.5, 0.6) is 0 Å². The molecule has 1 aliphatic carbocycles. The lowest BCUT2D eigenvalue weighted by Gasteiger charge is -2.31. The van der Waals surface area contributed by atoms with Crippen LogP contribution in [-0.2, 0) is 6.54 Å². The topological polar surface area (TPSA) is 103 Å². The normalized spacial score (nSPS) is 22.1. The van der Waals surface area contributed by atoms with Gasteiger partial charge in [0.2, 0.25) is 12.4 Å². The molecule has 0 bridgehead atoms. The number of para-hydroxylation sites is 1. The minimum absolute atomic E-state index is 0.0119. The van der Waals surface area contributed by atoms with Gasteiger partial charge in [-0.05, 0) is 37.5 Å². The number of alkyl halides is 2. The van der Waals surface area contributed by atoms with Crippen LogP contribution in [-0.4, -0.2) is 43.4 Å². The van der Waals surface area contributed by atoms with Crippen LogP contribution >= 0.6 is 11.3 Å². The van der Waals surface area contributed by atoms with Crippen molar-refractivity contribution in [2.75, 3.05) is 10.6 Å². The van der Waals surface area contributed by atoms with Crippen LogP contribution < -0.4 is 10.6 Å². The number of nitrogens with one attached hydrogen (secondary N) is 2. The van der Waals surface area contributed by atoms with Crippen molar-refractivity contribution >= 4 is 33.3 Å². The number of hydrogen-bond acceptors (Lipinski definition) is 8. The van der Waals surface area contributed by atoms with Gasteiger partial charge >= 0.3 is 0 Å². The van der Waals surface area contributed by atoms with E-state index in [9.17, 15) is 19.0 Å². The maximum atomic E-state index is 13.4. The van der Waals surface area contributed by atoms with Gasteiger partial charge in [-0.2, -0.15) is 4.98 Å². The molecule has 0 spiro atoms. The van der Waals surface area contributed by atoms with Crippen molar-refractivity contribution in [2.45, 2.75) is 44.6 Å². The van der Waals surface area contributed by atoms with Crippen molar-refractivity contribution in [1.82, 2.24) is 15.0 Å². The van der Waals surface area contributed by atoms with E-state index in [4.69, 9.17) is 4.98 Å². The Kier molecular flexibility index (Phi) is 6.35. The summed E-state index contributed by atoms with van der Waals surface area (Å²) >= 11 is 1.44. The average Bonchev–Trinajstić information content (AvgIpc) is 3.39. The molecule has 4 N–H and O–H groups in total. The average molecular weight is 498 g/mol. The first-order chi connectivity index (χ1) is 16.8. The van der Waals surface area contributed by atoms with E-state index in [0.717, 1.165) is 15.8 Å². The number of thiazole rings is 1. The molecule has 10 heteroatoms. The van der Waals surface area contributed by atoms with Gasteiger partial charge in [-0.3, -0.25) is 0 Å². The molecule has 3 unspecified atom stereocenters. The molecule has 1 fully saturated rings. The number of benzene rings is 2. The molecule has 4 aromatic rings. The van der Waals surface area contributed by atoms with Crippen molar-refractivity contribution in [1.29, 1.82) is 0 Å². The molecule has 3 atom stereocenters. The Morgan fingerprint density at radius 2 is 1.83 bits per heavy atom. The second-order valence-corrected chi connectivity index (χ2v) is 9.74. The van der Waals surface area contributed by atoms with Crippen LogP contribution in [0.2, 0.25) is 0 Å². The van der Waals surface area contributed by atoms with Crippen molar-refractivity contribution in [3.8, 4) is 10.6 Å². The van der Waals surface area contributed by atoms with E-state index in [0.29, 0.717) is 28.8 Å². The Morgan fingerprint density at radius 1 is 1.09 bits per heavy atom. The van der Waals surface area contributed by atoms with Crippen LogP contribution in [0.1, 0.15) is 24.1 Å². The Morgan fingerprint density at radius 3 is 2.54 bits per heavy atom. The summed E-state index contributed by atoms with van der Waals surface area (Å²) < 4.78 is 27.7. The number of aromatic nitrogens is 3. The zero-order chi connectivity index (χ0) is 24.6. The summed E-state index contributed by atoms with van der Waals surface area (Å²) in [6.07, 6.45) is -4.44. The van der Waals surface area contributed by atoms with Crippen LogP contribution in [0.25, 0.3) is 20.8 Å². The number of halogens is 2. The lowest BCUT2D eigenvalue weighted by atomic mass is 10.0. The summed E-state index contributed by atoms with van der Waals surface area (Å²) in [5, 5.41) is 28.4. The predicted octanol–water partition coefficient (Wildman–Crippen LogP) is 4.81. The van der Waals surface area contributed by atoms with Gasteiger partial charge in [-0.15, -0.1) is 11.3 Å². The highest BCUT2D eigenvalue weighted by molar-refractivity contribution is 7.21. The number of nitrogens with zero attached hydrogens (tertiary/aromatic N) is 3. The Labute approximate surface area is 204 Å². The van der Waals surface area contributed by atoms with Gasteiger partial charge in [0.05, 0.1) is 27.4 Å². The molecular weight excluding hydrogens is 472 g/mol. The number of aryl methyl sites for hydroxylation is 1. The third kappa shape index (κ3) is 4.69. The minimum atomic E-state index is -2.74. The third-order valence-corrected chi connectivity index (χ3v) is 7.36. The Balaban J connectivity index is 1.54. The quantitative estimate of drug-likeness (QED) is 0.272. The summed E-state index contributed by atoms with van der Waals surface area (Å²) in [5.74, 6) is -0.791. The van der Waals surface area contributed by atoms with E-state index in [1.54, 1.807) is 6.92 Å². The number of fused-ring (bicyclic) bond motifs is 1. The lowest BCUT2D eigenvalue weighted by molar-refractivity contribution is -0.0763. The molecule has 0 aliphatic heterocycles. The van der Waals surface area contributed by atoms with Crippen LogP contribution in [0.4, 0.5) is 20.5 Å². The maximum Gasteiger partial charge on any atom is 0.244 e. The molecule has 1 aliphatic rings. The fourth-order valence-corrected chi connectivity index (χ4v) is 5.47. The molecule has 0 saturated heterocycles. The third-order valence-electron chi connectivity index (χ3n) is 6.30. The van der Waals surface area contributed by atoms with E-state index in [1.165, 1.54) is 11.3 Å². The maximum absolute atomic E-state index is 13.4. The zero-order valence-corrected chi connectivity index (χ0v) is 19.8. The number of rotatable bonds is 7. The number of aliphatic hydroxyl groups is 2. The molecule has 35 heavy (non-hydrogen) atoms. The molecule has 7 nitrogen and oxygen atoms in total. The van der Waals surface area contributed by atoms with E-state index >= 15 is 0 Å². The van der Waals surface area contributed by atoms with E-state index in [2.05, 4.69) is 20.6 Å². The summed E-state index contributed by atoms with van der Waals surface area (Å²) in [6.45, 7) is 2.28. The van der Waals surface area contributed by atoms with E-state index < -0.39 is 24.2 Å². The molecule has 0 radical (unpaired) electrons. The van der Waals surface area contributed by atoms with Crippen LogP contribution in [0.3, 0.4) is 0 Å². The van der Waals surface area contributed by atoms with Gasteiger partial charge in [0.15, 0.2) is 5.72 Å². The number of hydrogen-bond donors (Lipinski definition) is 4. The van der Waals surface area contributed by atoms with E-state index in [1.807, 2.05) is 54.6 Å². The number of aliphatic hydroxyl groups excluding tert-OH is 1. The highest BCUT2D eigenvalue weighted by atomic mass is 32.1. The largest absolute Gasteiger partial charge is 0.388 e. The second-order valence-electron chi connectivity index (χ2n) is 8.71.